The lowest BCUT2D eigenvalue weighted by Gasteiger charge is -2.32. The average Bonchev–Trinajstić information content (AvgIpc) is 2.54. The highest BCUT2D eigenvalue weighted by molar-refractivity contribution is 5.76. The first-order chi connectivity index (χ1) is 11.0. The van der Waals surface area contributed by atoms with E-state index in [0.29, 0.717) is 31.8 Å². The molecule has 1 aromatic carbocycles. The molecular weight excluding hydrogens is 298 g/mol. The Morgan fingerprint density at radius 1 is 1.43 bits per heavy atom. The van der Waals surface area contributed by atoms with Crippen molar-refractivity contribution in [1.82, 2.24) is 4.90 Å². The molecule has 23 heavy (non-hydrogen) atoms. The Balaban J connectivity index is 1.92. The normalized spacial score (nSPS) is 15.5. The van der Waals surface area contributed by atoms with Crippen LogP contribution in [0.2, 0.25) is 0 Å². The SMILES string of the molecule is COCCC(=O)N1CCC(Nc2ccc(C)cc2[N+](=O)[O-])CC1. The summed E-state index contributed by atoms with van der Waals surface area (Å²) < 4.78 is 4.92. The Morgan fingerprint density at radius 3 is 2.74 bits per heavy atom. The molecule has 7 heteroatoms. The molecule has 0 saturated carbocycles. The van der Waals surface area contributed by atoms with Crippen molar-refractivity contribution in [3.63, 3.8) is 0 Å². The minimum Gasteiger partial charge on any atom is -0.384 e. The van der Waals surface area contributed by atoms with E-state index in [4.69, 9.17) is 4.74 Å². The van der Waals surface area contributed by atoms with Crippen molar-refractivity contribution in [2.45, 2.75) is 32.2 Å². The predicted molar refractivity (Wildman–Crippen MR) is 87.6 cm³/mol. The van der Waals surface area contributed by atoms with Gasteiger partial charge in [-0.25, -0.2) is 0 Å². The summed E-state index contributed by atoms with van der Waals surface area (Å²) >= 11 is 0. The van der Waals surface area contributed by atoms with Crippen LogP contribution in [0.25, 0.3) is 0 Å². The number of rotatable bonds is 6. The molecule has 1 amide bonds. The second-order valence-corrected chi connectivity index (χ2v) is 5.82. The number of carbonyl (C=O) groups is 1. The van der Waals surface area contributed by atoms with Gasteiger partial charge in [-0.3, -0.25) is 14.9 Å². The Labute approximate surface area is 135 Å². The molecular formula is C16H23N3O4. The van der Waals surface area contributed by atoms with Crippen LogP contribution >= 0.6 is 0 Å². The first-order valence-corrected chi connectivity index (χ1v) is 7.79. The third kappa shape index (κ3) is 4.66. The largest absolute Gasteiger partial charge is 0.384 e. The molecule has 0 aliphatic carbocycles. The summed E-state index contributed by atoms with van der Waals surface area (Å²) in [6.07, 6.45) is 1.96. The number of hydrogen-bond donors (Lipinski definition) is 1. The van der Waals surface area contributed by atoms with Gasteiger partial charge >= 0.3 is 0 Å². The van der Waals surface area contributed by atoms with Crippen molar-refractivity contribution >= 4 is 17.3 Å². The van der Waals surface area contributed by atoms with Gasteiger partial charge in [0.25, 0.3) is 5.69 Å². The molecule has 1 fully saturated rings. The standard InChI is InChI=1S/C16H23N3O4/c1-12-3-4-14(15(11-12)19(21)22)17-13-5-8-18(9-6-13)16(20)7-10-23-2/h3-4,11,13,17H,5-10H2,1-2H3. The lowest BCUT2D eigenvalue weighted by atomic mass is 10.0. The van der Waals surface area contributed by atoms with E-state index in [1.807, 2.05) is 17.9 Å². The van der Waals surface area contributed by atoms with Crippen LogP contribution in [0.3, 0.4) is 0 Å². The van der Waals surface area contributed by atoms with Gasteiger partial charge in [-0.05, 0) is 31.4 Å². The topological polar surface area (TPSA) is 84.7 Å². The van der Waals surface area contributed by atoms with Crippen LogP contribution < -0.4 is 5.32 Å². The van der Waals surface area contributed by atoms with Gasteiger partial charge in [0.05, 0.1) is 18.0 Å². The molecule has 1 aliphatic heterocycles. The number of nitrogens with one attached hydrogen (secondary N) is 1. The van der Waals surface area contributed by atoms with Crippen LogP contribution in [0.15, 0.2) is 18.2 Å². The molecule has 0 spiro atoms. The number of aryl methyl sites for hydroxylation is 1. The molecule has 0 bridgehead atoms. The monoisotopic (exact) mass is 321 g/mol. The maximum atomic E-state index is 11.9. The van der Waals surface area contributed by atoms with Crippen molar-refractivity contribution in [3.05, 3.63) is 33.9 Å². The molecule has 1 heterocycles. The van der Waals surface area contributed by atoms with Gasteiger partial charge < -0.3 is 15.0 Å². The Hall–Kier alpha value is -2.15. The fourth-order valence-corrected chi connectivity index (χ4v) is 2.76. The van der Waals surface area contributed by atoms with Gasteiger partial charge in [0, 0.05) is 32.3 Å². The van der Waals surface area contributed by atoms with Crippen molar-refractivity contribution in [2.24, 2.45) is 0 Å². The number of ether oxygens (including phenoxy) is 1. The van der Waals surface area contributed by atoms with Crippen LogP contribution in [0.4, 0.5) is 11.4 Å². The lowest BCUT2D eigenvalue weighted by Crippen LogP contribution is -2.42. The third-order valence-corrected chi connectivity index (χ3v) is 4.08. The quantitative estimate of drug-likeness (QED) is 0.642. The van der Waals surface area contributed by atoms with Gasteiger partial charge in [-0.1, -0.05) is 6.07 Å². The van der Waals surface area contributed by atoms with Crippen LogP contribution in [0, 0.1) is 17.0 Å². The molecule has 7 nitrogen and oxygen atoms in total. The summed E-state index contributed by atoms with van der Waals surface area (Å²) in [6, 6.07) is 5.33. The molecule has 2 rings (SSSR count). The summed E-state index contributed by atoms with van der Waals surface area (Å²) in [5, 5.41) is 14.4. The summed E-state index contributed by atoms with van der Waals surface area (Å²) in [6.45, 7) is 3.60. The van der Waals surface area contributed by atoms with E-state index in [2.05, 4.69) is 5.32 Å². The zero-order valence-electron chi connectivity index (χ0n) is 13.6. The number of nitro benzene ring substituents is 1. The zero-order chi connectivity index (χ0) is 16.8. The van der Waals surface area contributed by atoms with Crippen LogP contribution in [-0.2, 0) is 9.53 Å². The van der Waals surface area contributed by atoms with E-state index in [0.717, 1.165) is 18.4 Å². The minimum absolute atomic E-state index is 0.101. The number of nitrogens with zero attached hydrogens (tertiary/aromatic N) is 2. The molecule has 126 valence electrons. The van der Waals surface area contributed by atoms with E-state index < -0.39 is 0 Å². The highest BCUT2D eigenvalue weighted by Gasteiger charge is 2.24. The number of nitro groups is 1. The fraction of sp³-hybridized carbons (Fsp3) is 0.562. The summed E-state index contributed by atoms with van der Waals surface area (Å²) in [5.41, 5.74) is 1.51. The number of piperidine rings is 1. The second-order valence-electron chi connectivity index (χ2n) is 5.82. The highest BCUT2D eigenvalue weighted by Crippen LogP contribution is 2.27. The molecule has 0 aromatic heterocycles. The smallest absolute Gasteiger partial charge is 0.292 e. The molecule has 0 radical (unpaired) electrons. The molecule has 1 aromatic rings. The zero-order valence-corrected chi connectivity index (χ0v) is 13.6. The number of benzene rings is 1. The van der Waals surface area contributed by atoms with Crippen molar-refractivity contribution in [2.75, 3.05) is 32.1 Å². The van der Waals surface area contributed by atoms with E-state index in [-0.39, 0.29) is 22.6 Å². The van der Waals surface area contributed by atoms with Crippen LogP contribution in [-0.4, -0.2) is 48.6 Å². The van der Waals surface area contributed by atoms with Crippen molar-refractivity contribution in [3.8, 4) is 0 Å². The number of anilines is 1. The van der Waals surface area contributed by atoms with Gasteiger partial charge in [0.15, 0.2) is 0 Å². The summed E-state index contributed by atoms with van der Waals surface area (Å²) in [5.74, 6) is 0.103. The molecule has 0 unspecified atom stereocenters. The number of likely N-dealkylation sites (tertiary alicyclic amines) is 1. The van der Waals surface area contributed by atoms with Crippen molar-refractivity contribution in [1.29, 1.82) is 0 Å². The number of amides is 1. The fourth-order valence-electron chi connectivity index (χ4n) is 2.76. The van der Waals surface area contributed by atoms with Gasteiger partial charge in [0.1, 0.15) is 5.69 Å². The lowest BCUT2D eigenvalue weighted by molar-refractivity contribution is -0.384. The summed E-state index contributed by atoms with van der Waals surface area (Å²) in [4.78, 5) is 24.6. The van der Waals surface area contributed by atoms with Gasteiger partial charge in [-0.15, -0.1) is 0 Å². The first-order valence-electron chi connectivity index (χ1n) is 7.79. The van der Waals surface area contributed by atoms with Crippen LogP contribution in [0.5, 0.6) is 0 Å². The van der Waals surface area contributed by atoms with E-state index >= 15 is 0 Å². The Bertz CT molecular complexity index is 568. The number of carbonyl (C=O) groups excluding carboxylic acids is 1. The Kier molecular flexibility index (Phi) is 5.92. The third-order valence-electron chi connectivity index (χ3n) is 4.08. The van der Waals surface area contributed by atoms with Crippen molar-refractivity contribution < 1.29 is 14.5 Å². The van der Waals surface area contributed by atoms with E-state index in [1.54, 1.807) is 19.2 Å². The molecule has 1 aliphatic rings. The molecule has 1 N–H and O–H groups in total. The minimum atomic E-state index is -0.362. The Morgan fingerprint density at radius 2 is 2.13 bits per heavy atom. The van der Waals surface area contributed by atoms with E-state index in [9.17, 15) is 14.9 Å². The number of hydrogen-bond acceptors (Lipinski definition) is 5. The average molecular weight is 321 g/mol. The second kappa shape index (κ2) is 7.92. The maximum absolute atomic E-state index is 11.9. The first kappa shape index (κ1) is 17.2. The number of methoxy groups -OCH3 is 1. The van der Waals surface area contributed by atoms with Gasteiger partial charge in [0.2, 0.25) is 5.91 Å². The molecule has 0 atom stereocenters. The predicted octanol–water partition coefficient (Wildman–Crippen LogP) is 2.34. The van der Waals surface area contributed by atoms with E-state index in [1.165, 1.54) is 0 Å². The maximum Gasteiger partial charge on any atom is 0.292 e. The highest BCUT2D eigenvalue weighted by atomic mass is 16.6. The van der Waals surface area contributed by atoms with Gasteiger partial charge in [-0.2, -0.15) is 0 Å². The molecule has 1 saturated heterocycles. The van der Waals surface area contributed by atoms with Crippen LogP contribution in [0.1, 0.15) is 24.8 Å². The summed E-state index contributed by atoms with van der Waals surface area (Å²) in [7, 11) is 1.58.